The van der Waals surface area contributed by atoms with Crippen molar-refractivity contribution in [3.05, 3.63) is 43.0 Å². The highest BCUT2D eigenvalue weighted by molar-refractivity contribution is 7.09. The maximum Gasteiger partial charge on any atom is 0.331 e. The van der Waals surface area contributed by atoms with E-state index in [1.54, 1.807) is 13.1 Å². The fourth-order valence-electron chi connectivity index (χ4n) is 2.05. The molecule has 7 heteroatoms. The highest BCUT2D eigenvalue weighted by Gasteiger charge is 2.22. The molecule has 0 bridgehead atoms. The predicted octanol–water partition coefficient (Wildman–Crippen LogP) is 1.26. The van der Waals surface area contributed by atoms with Gasteiger partial charge in [-0.3, -0.25) is 14.3 Å². The van der Waals surface area contributed by atoms with E-state index < -0.39 is 11.2 Å². The average molecular weight is 281 g/mol. The maximum absolute atomic E-state index is 11.9. The fourth-order valence-corrected chi connectivity index (χ4v) is 2.86. The van der Waals surface area contributed by atoms with Crippen LogP contribution in [0.15, 0.2) is 21.2 Å². The zero-order valence-electron chi connectivity index (χ0n) is 10.7. The summed E-state index contributed by atoms with van der Waals surface area (Å²) in [6.07, 6.45) is 2.60. The molecule has 2 aromatic rings. The van der Waals surface area contributed by atoms with Crippen LogP contribution in [-0.4, -0.2) is 19.6 Å². The van der Waals surface area contributed by atoms with Gasteiger partial charge in [-0.2, -0.15) is 0 Å². The lowest BCUT2D eigenvalue weighted by Crippen LogP contribution is -2.34. The summed E-state index contributed by atoms with van der Waals surface area (Å²) in [5.74, 6) is -0.265. The number of aromatic amines is 1. The van der Waals surface area contributed by atoms with Crippen molar-refractivity contribution in [1.82, 2.24) is 14.5 Å². The summed E-state index contributed by atoms with van der Waals surface area (Å²) < 4.78 is 1.21. The van der Waals surface area contributed by atoms with Crippen LogP contribution in [0, 0.1) is 0 Å². The molecule has 0 spiro atoms. The summed E-state index contributed by atoms with van der Waals surface area (Å²) in [4.78, 5) is 30.0. The van der Waals surface area contributed by atoms with Gasteiger partial charge >= 0.3 is 5.69 Å². The second kappa shape index (κ2) is 5.40. The second-order valence-electron chi connectivity index (χ2n) is 4.08. The van der Waals surface area contributed by atoms with Crippen molar-refractivity contribution >= 4 is 11.3 Å². The molecule has 1 unspecified atom stereocenters. The minimum atomic E-state index is -0.609. The molecule has 0 aliphatic heterocycles. The Morgan fingerprint density at radius 3 is 2.74 bits per heavy atom. The quantitative estimate of drug-likeness (QED) is 0.883. The number of hydrogen-bond donors (Lipinski definition) is 2. The third kappa shape index (κ3) is 2.33. The molecule has 0 aliphatic carbocycles. The molecule has 2 rings (SSSR count). The number of nitrogens with zero attached hydrogens (tertiary/aromatic N) is 2. The lowest BCUT2D eigenvalue weighted by atomic mass is 10.2. The maximum atomic E-state index is 11.9. The molecule has 2 N–H and O–H groups in total. The Labute approximate surface area is 113 Å². The molecule has 0 aliphatic rings. The normalized spacial score (nSPS) is 12.5. The minimum absolute atomic E-state index is 0.217. The number of aromatic hydroxyl groups is 1. The summed E-state index contributed by atoms with van der Waals surface area (Å²) in [5, 5.41) is 12.7. The fraction of sp³-hybridized carbons (Fsp3) is 0.417. The van der Waals surface area contributed by atoms with Crippen molar-refractivity contribution < 1.29 is 5.11 Å². The number of nitrogens with one attached hydrogen (secondary N) is 1. The third-order valence-corrected chi connectivity index (χ3v) is 3.88. The van der Waals surface area contributed by atoms with Gasteiger partial charge in [-0.1, -0.05) is 13.8 Å². The van der Waals surface area contributed by atoms with Crippen LogP contribution in [0.3, 0.4) is 0 Å². The van der Waals surface area contributed by atoms with Gasteiger partial charge in [-0.05, 0) is 12.8 Å². The summed E-state index contributed by atoms with van der Waals surface area (Å²) in [5.41, 5.74) is -0.924. The molecule has 0 saturated carbocycles. The standard InChI is InChI=1S/C12H15N3O3S/c1-3-7-9(16)14-12(18)15(11(7)17)8(4-2)10-13-5-6-19-10/h5-6,8,17H,3-4H2,1-2H3,(H,14,16,18). The molecule has 102 valence electrons. The van der Waals surface area contributed by atoms with Crippen LogP contribution in [0.1, 0.15) is 36.9 Å². The average Bonchev–Trinajstić information content (AvgIpc) is 2.88. The molecule has 0 fully saturated rings. The van der Waals surface area contributed by atoms with Gasteiger partial charge in [0, 0.05) is 11.6 Å². The Balaban J connectivity index is 2.68. The Morgan fingerprint density at radius 2 is 2.21 bits per heavy atom. The molecule has 19 heavy (non-hydrogen) atoms. The molecule has 2 aromatic heterocycles. The van der Waals surface area contributed by atoms with Gasteiger partial charge in [0.15, 0.2) is 0 Å². The van der Waals surface area contributed by atoms with Crippen molar-refractivity contribution in [2.24, 2.45) is 0 Å². The van der Waals surface area contributed by atoms with E-state index in [4.69, 9.17) is 0 Å². The van der Waals surface area contributed by atoms with E-state index >= 15 is 0 Å². The van der Waals surface area contributed by atoms with Gasteiger partial charge in [0.1, 0.15) is 5.01 Å². The van der Waals surface area contributed by atoms with E-state index in [0.29, 0.717) is 12.8 Å². The minimum Gasteiger partial charge on any atom is -0.494 e. The van der Waals surface area contributed by atoms with Crippen LogP contribution in [-0.2, 0) is 6.42 Å². The Hall–Kier alpha value is -1.89. The summed E-state index contributed by atoms with van der Waals surface area (Å²) in [7, 11) is 0. The van der Waals surface area contributed by atoms with E-state index in [1.165, 1.54) is 15.9 Å². The number of hydrogen-bond acceptors (Lipinski definition) is 5. The lowest BCUT2D eigenvalue weighted by Gasteiger charge is -2.18. The Bertz CT molecular complexity index is 673. The smallest absolute Gasteiger partial charge is 0.331 e. The molecule has 0 aromatic carbocycles. The van der Waals surface area contributed by atoms with Crippen molar-refractivity contribution in [2.75, 3.05) is 0 Å². The van der Waals surface area contributed by atoms with Crippen LogP contribution >= 0.6 is 11.3 Å². The summed E-state index contributed by atoms with van der Waals surface area (Å²) in [6, 6.07) is -0.366. The second-order valence-corrected chi connectivity index (χ2v) is 5.01. The molecule has 0 amide bonds. The van der Waals surface area contributed by atoms with E-state index in [1.807, 2.05) is 12.3 Å². The lowest BCUT2D eigenvalue weighted by molar-refractivity contribution is 0.370. The SMILES string of the molecule is CCc1c(O)n(C(CC)c2nccs2)c(=O)[nH]c1=O. The zero-order chi connectivity index (χ0) is 14.0. The molecule has 0 radical (unpaired) electrons. The highest BCUT2D eigenvalue weighted by atomic mass is 32.1. The van der Waals surface area contributed by atoms with Crippen molar-refractivity contribution in [1.29, 1.82) is 0 Å². The number of rotatable bonds is 4. The van der Waals surface area contributed by atoms with E-state index in [0.717, 1.165) is 5.01 Å². The molecule has 2 heterocycles. The van der Waals surface area contributed by atoms with Crippen LogP contribution in [0.2, 0.25) is 0 Å². The van der Waals surface area contributed by atoms with Crippen molar-refractivity contribution in [3.8, 4) is 5.88 Å². The first-order valence-corrected chi connectivity index (χ1v) is 6.94. The van der Waals surface area contributed by atoms with E-state index in [9.17, 15) is 14.7 Å². The van der Waals surface area contributed by atoms with Gasteiger partial charge in [0.25, 0.3) is 5.56 Å². The first-order chi connectivity index (χ1) is 9.10. The summed E-state index contributed by atoms with van der Waals surface area (Å²) >= 11 is 1.41. The Morgan fingerprint density at radius 1 is 1.47 bits per heavy atom. The predicted molar refractivity (Wildman–Crippen MR) is 72.9 cm³/mol. The zero-order valence-corrected chi connectivity index (χ0v) is 11.5. The van der Waals surface area contributed by atoms with Crippen LogP contribution in [0.5, 0.6) is 5.88 Å². The highest BCUT2D eigenvalue weighted by Crippen LogP contribution is 2.26. The Kier molecular flexibility index (Phi) is 3.84. The number of thiazole rings is 1. The first kappa shape index (κ1) is 13.5. The van der Waals surface area contributed by atoms with Gasteiger partial charge in [0.05, 0.1) is 11.6 Å². The number of H-pyrrole nitrogens is 1. The van der Waals surface area contributed by atoms with Crippen LogP contribution in [0.4, 0.5) is 0 Å². The van der Waals surface area contributed by atoms with E-state index in [-0.39, 0.29) is 17.5 Å². The van der Waals surface area contributed by atoms with E-state index in [2.05, 4.69) is 9.97 Å². The monoisotopic (exact) mass is 281 g/mol. The van der Waals surface area contributed by atoms with Crippen LogP contribution < -0.4 is 11.2 Å². The third-order valence-electron chi connectivity index (χ3n) is 3.00. The van der Waals surface area contributed by atoms with Gasteiger partial charge in [0.2, 0.25) is 5.88 Å². The molecular formula is C12H15N3O3S. The summed E-state index contributed by atoms with van der Waals surface area (Å²) in [6.45, 7) is 3.65. The van der Waals surface area contributed by atoms with Gasteiger partial charge in [-0.25, -0.2) is 9.78 Å². The van der Waals surface area contributed by atoms with Crippen molar-refractivity contribution in [2.45, 2.75) is 32.7 Å². The topological polar surface area (TPSA) is 88.0 Å². The van der Waals surface area contributed by atoms with Crippen molar-refractivity contribution in [3.63, 3.8) is 0 Å². The molecule has 1 atom stereocenters. The first-order valence-electron chi connectivity index (χ1n) is 6.06. The molecule has 6 nitrogen and oxygen atoms in total. The van der Waals surface area contributed by atoms with Gasteiger partial charge in [-0.15, -0.1) is 11.3 Å². The van der Waals surface area contributed by atoms with Crippen LogP contribution in [0.25, 0.3) is 0 Å². The molecule has 0 saturated heterocycles. The van der Waals surface area contributed by atoms with Gasteiger partial charge < -0.3 is 5.11 Å². The number of aromatic nitrogens is 3. The molecular weight excluding hydrogens is 266 g/mol. The largest absolute Gasteiger partial charge is 0.494 e.